The van der Waals surface area contributed by atoms with E-state index in [1.807, 2.05) is 31.2 Å². The lowest BCUT2D eigenvalue weighted by molar-refractivity contribution is 0.0864. The van der Waals surface area contributed by atoms with Crippen molar-refractivity contribution in [3.8, 4) is 28.0 Å². The number of aryl methyl sites for hydroxylation is 1. The lowest BCUT2D eigenvalue weighted by atomic mass is 9.74. The van der Waals surface area contributed by atoms with Crippen LogP contribution in [-0.4, -0.2) is 16.9 Å². The number of carbonyl (C=O) groups is 1. The van der Waals surface area contributed by atoms with Crippen LogP contribution in [0.1, 0.15) is 67.8 Å². The fraction of sp³-hybridized carbons (Fsp3) is 0.379. The van der Waals surface area contributed by atoms with Crippen LogP contribution in [0.25, 0.3) is 10.4 Å². The zero-order chi connectivity index (χ0) is 25.4. The number of ketones is 1. The molecule has 2 heterocycles. The van der Waals surface area contributed by atoms with Crippen LogP contribution in [0, 0.1) is 24.2 Å². The lowest BCUT2D eigenvalue weighted by Crippen LogP contribution is -2.57. The van der Waals surface area contributed by atoms with Gasteiger partial charge < -0.3 is 10.1 Å². The maximum atomic E-state index is 13.1. The SMILES string of the molecule is Cc1ccc(-c2cccc(Oc3ccc(C(=O)CC4CC(C)(C)NC(C)(C)C4)cc3Cl)c2C#N)s1. The van der Waals surface area contributed by atoms with E-state index < -0.39 is 0 Å². The summed E-state index contributed by atoms with van der Waals surface area (Å²) in [6.07, 6.45) is 2.40. The summed E-state index contributed by atoms with van der Waals surface area (Å²) < 4.78 is 6.07. The predicted octanol–water partition coefficient (Wildman–Crippen LogP) is 8.17. The molecule has 1 aromatic heterocycles. The Kier molecular flexibility index (Phi) is 7.11. The Balaban J connectivity index is 1.52. The van der Waals surface area contributed by atoms with Gasteiger partial charge in [0.15, 0.2) is 5.78 Å². The molecule has 1 aliphatic rings. The summed E-state index contributed by atoms with van der Waals surface area (Å²) in [5.41, 5.74) is 1.87. The molecule has 4 nitrogen and oxygen atoms in total. The third kappa shape index (κ3) is 5.95. The molecule has 2 aromatic carbocycles. The van der Waals surface area contributed by atoms with E-state index in [-0.39, 0.29) is 16.9 Å². The van der Waals surface area contributed by atoms with Crippen LogP contribution in [0.3, 0.4) is 0 Å². The Morgan fingerprint density at radius 2 is 1.83 bits per heavy atom. The maximum Gasteiger partial charge on any atom is 0.163 e. The van der Waals surface area contributed by atoms with E-state index in [1.165, 1.54) is 4.88 Å². The standard InChI is InChI=1S/C29H31ClN2O2S/c1-18-9-12-27(35-18)21-7-6-8-25(22(21)17-31)34-26-11-10-20(14-23(26)30)24(33)13-19-15-28(2,3)32-29(4,5)16-19/h6-12,14,19,32H,13,15-16H2,1-5H3. The van der Waals surface area contributed by atoms with Gasteiger partial charge in [0.05, 0.1) is 5.02 Å². The smallest absolute Gasteiger partial charge is 0.163 e. The monoisotopic (exact) mass is 506 g/mol. The van der Waals surface area contributed by atoms with E-state index in [2.05, 4.69) is 39.1 Å². The summed E-state index contributed by atoms with van der Waals surface area (Å²) in [4.78, 5) is 15.3. The van der Waals surface area contributed by atoms with Crippen LogP contribution in [0.2, 0.25) is 5.02 Å². The van der Waals surface area contributed by atoms with Crippen molar-refractivity contribution in [1.82, 2.24) is 5.32 Å². The molecular weight excluding hydrogens is 476 g/mol. The highest BCUT2D eigenvalue weighted by molar-refractivity contribution is 7.15. The van der Waals surface area contributed by atoms with Gasteiger partial charge in [-0.1, -0.05) is 23.7 Å². The highest BCUT2D eigenvalue weighted by atomic mass is 35.5. The number of nitriles is 1. The second-order valence-electron chi connectivity index (χ2n) is 10.7. The fourth-order valence-corrected chi connectivity index (χ4v) is 6.57. The van der Waals surface area contributed by atoms with Crippen LogP contribution in [-0.2, 0) is 0 Å². The molecule has 0 amide bonds. The predicted molar refractivity (Wildman–Crippen MR) is 144 cm³/mol. The maximum absolute atomic E-state index is 13.1. The van der Waals surface area contributed by atoms with Crippen molar-refractivity contribution in [3.63, 3.8) is 0 Å². The Morgan fingerprint density at radius 1 is 1.11 bits per heavy atom. The molecule has 0 atom stereocenters. The number of nitrogens with zero attached hydrogens (tertiary/aromatic N) is 1. The molecule has 1 saturated heterocycles. The average Bonchev–Trinajstić information content (AvgIpc) is 3.18. The summed E-state index contributed by atoms with van der Waals surface area (Å²) >= 11 is 8.18. The van der Waals surface area contributed by atoms with E-state index in [0.29, 0.717) is 40.0 Å². The molecular formula is C29H31ClN2O2S. The Hall–Kier alpha value is -2.65. The molecule has 0 aliphatic carbocycles. The van der Waals surface area contributed by atoms with E-state index in [4.69, 9.17) is 16.3 Å². The van der Waals surface area contributed by atoms with Gasteiger partial charge in [0.25, 0.3) is 0 Å². The second-order valence-corrected chi connectivity index (χ2v) is 12.4. The van der Waals surface area contributed by atoms with Gasteiger partial charge in [-0.3, -0.25) is 4.79 Å². The van der Waals surface area contributed by atoms with E-state index in [9.17, 15) is 10.1 Å². The van der Waals surface area contributed by atoms with Crippen molar-refractivity contribution in [1.29, 1.82) is 5.26 Å². The number of hydrogen-bond donors (Lipinski definition) is 1. The summed E-state index contributed by atoms with van der Waals surface area (Å²) in [6, 6.07) is 17.0. The van der Waals surface area contributed by atoms with Gasteiger partial charge in [0, 0.05) is 38.4 Å². The molecule has 0 bridgehead atoms. The number of rotatable bonds is 6. The number of nitrogens with one attached hydrogen (secondary N) is 1. The van der Waals surface area contributed by atoms with Crippen LogP contribution < -0.4 is 10.1 Å². The van der Waals surface area contributed by atoms with Crippen LogP contribution in [0.5, 0.6) is 11.5 Å². The Morgan fingerprint density at radius 3 is 2.43 bits per heavy atom. The number of carbonyl (C=O) groups excluding carboxylic acids is 1. The molecule has 3 aromatic rings. The normalized spacial score (nSPS) is 17.1. The Bertz CT molecular complexity index is 1290. The number of thiophene rings is 1. The molecule has 0 unspecified atom stereocenters. The number of halogens is 1. The van der Waals surface area contributed by atoms with E-state index in [0.717, 1.165) is 23.3 Å². The first-order valence-corrected chi connectivity index (χ1v) is 13.1. The largest absolute Gasteiger partial charge is 0.454 e. The van der Waals surface area contributed by atoms with Crippen molar-refractivity contribution >= 4 is 28.7 Å². The summed E-state index contributed by atoms with van der Waals surface area (Å²) in [5.74, 6) is 1.26. The first kappa shape index (κ1) is 25.4. The second kappa shape index (κ2) is 9.78. The molecule has 6 heteroatoms. The number of Topliss-reactive ketones (excluding diaryl/α,β-unsaturated/α-hetero) is 1. The van der Waals surface area contributed by atoms with Gasteiger partial charge in [-0.2, -0.15) is 5.26 Å². The molecule has 4 rings (SSSR count). The topological polar surface area (TPSA) is 62.1 Å². The number of ether oxygens (including phenoxy) is 1. The first-order chi connectivity index (χ1) is 16.5. The van der Waals surface area contributed by atoms with Crippen molar-refractivity contribution in [2.24, 2.45) is 5.92 Å². The first-order valence-electron chi connectivity index (χ1n) is 11.9. The molecule has 35 heavy (non-hydrogen) atoms. The fourth-order valence-electron chi connectivity index (χ4n) is 5.45. The summed E-state index contributed by atoms with van der Waals surface area (Å²) in [6.45, 7) is 10.8. The quantitative estimate of drug-likeness (QED) is 0.342. The van der Waals surface area contributed by atoms with Gasteiger partial charge in [-0.25, -0.2) is 0 Å². The minimum Gasteiger partial charge on any atom is -0.454 e. The lowest BCUT2D eigenvalue weighted by Gasteiger charge is -2.46. The third-order valence-corrected chi connectivity index (χ3v) is 7.70. The summed E-state index contributed by atoms with van der Waals surface area (Å²) in [7, 11) is 0. The number of benzene rings is 2. The third-order valence-electron chi connectivity index (χ3n) is 6.37. The molecule has 0 radical (unpaired) electrons. The van der Waals surface area contributed by atoms with Crippen molar-refractivity contribution in [3.05, 3.63) is 69.6 Å². The molecule has 0 saturated carbocycles. The average molecular weight is 507 g/mol. The number of piperidine rings is 1. The van der Waals surface area contributed by atoms with E-state index >= 15 is 0 Å². The van der Waals surface area contributed by atoms with Crippen LogP contribution >= 0.6 is 22.9 Å². The molecule has 1 fully saturated rings. The van der Waals surface area contributed by atoms with Gasteiger partial charge in [0.1, 0.15) is 23.1 Å². The van der Waals surface area contributed by atoms with Crippen molar-refractivity contribution in [2.45, 2.75) is 65.0 Å². The number of hydrogen-bond acceptors (Lipinski definition) is 5. The van der Waals surface area contributed by atoms with Gasteiger partial charge in [-0.15, -0.1) is 11.3 Å². The zero-order valence-corrected chi connectivity index (χ0v) is 22.4. The van der Waals surface area contributed by atoms with Gasteiger partial charge in [0.2, 0.25) is 0 Å². The molecule has 1 aliphatic heterocycles. The Labute approximate surface area is 216 Å². The zero-order valence-electron chi connectivity index (χ0n) is 20.9. The molecule has 0 spiro atoms. The summed E-state index contributed by atoms with van der Waals surface area (Å²) in [5, 5.41) is 13.9. The van der Waals surface area contributed by atoms with Crippen LogP contribution in [0.15, 0.2) is 48.5 Å². The minimum atomic E-state index is -0.00314. The van der Waals surface area contributed by atoms with Crippen LogP contribution in [0.4, 0.5) is 0 Å². The van der Waals surface area contributed by atoms with Gasteiger partial charge in [-0.05, 0) is 89.8 Å². The highest BCUT2D eigenvalue weighted by Gasteiger charge is 2.38. The van der Waals surface area contributed by atoms with Gasteiger partial charge >= 0.3 is 0 Å². The highest BCUT2D eigenvalue weighted by Crippen LogP contribution is 2.39. The van der Waals surface area contributed by atoms with Crippen molar-refractivity contribution < 1.29 is 9.53 Å². The minimum absolute atomic E-state index is 0.00314. The molecule has 182 valence electrons. The molecule has 1 N–H and O–H groups in total. The van der Waals surface area contributed by atoms with E-state index in [1.54, 1.807) is 35.6 Å². The van der Waals surface area contributed by atoms with Crippen molar-refractivity contribution in [2.75, 3.05) is 0 Å².